The standard InChI is InChI=1S/C19H22N2O4/c1-3-25-19(24)15-10-20-16-7-6-12(2)9-14(16)17(15)21-8-4-5-13(11-21)18(22)23/h6-7,9-10,13H,3-5,8,11H2,1-2H3,(H,22,23). The number of hydrogen-bond acceptors (Lipinski definition) is 5. The van der Waals surface area contributed by atoms with Gasteiger partial charge < -0.3 is 14.7 Å². The zero-order valence-electron chi connectivity index (χ0n) is 14.5. The number of anilines is 1. The SMILES string of the molecule is CCOC(=O)c1cnc2ccc(C)cc2c1N1CCCC(C(=O)O)C1. The van der Waals surface area contributed by atoms with Crippen LogP contribution in [0.5, 0.6) is 0 Å². The highest BCUT2D eigenvalue weighted by Gasteiger charge is 2.29. The summed E-state index contributed by atoms with van der Waals surface area (Å²) in [6, 6.07) is 5.88. The van der Waals surface area contributed by atoms with Crippen LogP contribution in [0.3, 0.4) is 0 Å². The van der Waals surface area contributed by atoms with E-state index in [1.165, 1.54) is 6.20 Å². The van der Waals surface area contributed by atoms with E-state index in [4.69, 9.17) is 4.74 Å². The van der Waals surface area contributed by atoms with E-state index >= 15 is 0 Å². The second kappa shape index (κ2) is 7.09. The monoisotopic (exact) mass is 342 g/mol. The maximum atomic E-state index is 12.4. The van der Waals surface area contributed by atoms with Crippen LogP contribution in [0.4, 0.5) is 5.69 Å². The van der Waals surface area contributed by atoms with Gasteiger partial charge in [-0.05, 0) is 38.8 Å². The summed E-state index contributed by atoms with van der Waals surface area (Å²) in [6.07, 6.45) is 2.97. The Hall–Kier alpha value is -2.63. The molecule has 2 aromatic rings. The van der Waals surface area contributed by atoms with Crippen molar-refractivity contribution in [2.24, 2.45) is 5.92 Å². The number of aromatic nitrogens is 1. The first kappa shape index (κ1) is 17.2. The molecule has 1 saturated heterocycles. The summed E-state index contributed by atoms with van der Waals surface area (Å²) in [6.45, 7) is 5.12. The number of hydrogen-bond donors (Lipinski definition) is 1. The summed E-state index contributed by atoms with van der Waals surface area (Å²) < 4.78 is 5.19. The Balaban J connectivity index is 2.14. The Morgan fingerprint density at radius 2 is 2.20 bits per heavy atom. The normalized spacial score (nSPS) is 17.5. The Morgan fingerprint density at radius 1 is 1.40 bits per heavy atom. The van der Waals surface area contributed by atoms with Gasteiger partial charge in [0.1, 0.15) is 5.56 Å². The van der Waals surface area contributed by atoms with Crippen LogP contribution in [0.25, 0.3) is 10.9 Å². The molecule has 1 fully saturated rings. The second-order valence-corrected chi connectivity index (χ2v) is 6.38. The number of piperidine rings is 1. The van der Waals surface area contributed by atoms with Gasteiger partial charge in [0, 0.05) is 24.7 Å². The van der Waals surface area contributed by atoms with Gasteiger partial charge >= 0.3 is 11.9 Å². The molecule has 1 atom stereocenters. The number of nitrogens with zero attached hydrogens (tertiary/aromatic N) is 2. The van der Waals surface area contributed by atoms with Gasteiger partial charge in [-0.1, -0.05) is 11.6 Å². The van der Waals surface area contributed by atoms with Gasteiger partial charge in [0.05, 0.1) is 23.7 Å². The lowest BCUT2D eigenvalue weighted by atomic mass is 9.96. The molecule has 1 aliphatic heterocycles. The van der Waals surface area contributed by atoms with E-state index in [0.717, 1.165) is 28.6 Å². The maximum Gasteiger partial charge on any atom is 0.341 e. The van der Waals surface area contributed by atoms with Gasteiger partial charge in [0.15, 0.2) is 0 Å². The fraction of sp³-hybridized carbons (Fsp3) is 0.421. The first-order valence-electron chi connectivity index (χ1n) is 8.55. The predicted molar refractivity (Wildman–Crippen MR) is 95.0 cm³/mol. The predicted octanol–water partition coefficient (Wildman–Crippen LogP) is 3.02. The molecule has 1 N–H and O–H groups in total. The van der Waals surface area contributed by atoms with Crippen molar-refractivity contribution in [1.82, 2.24) is 4.98 Å². The number of carboxylic acids is 1. The van der Waals surface area contributed by atoms with E-state index in [1.807, 2.05) is 30.0 Å². The van der Waals surface area contributed by atoms with Crippen molar-refractivity contribution < 1.29 is 19.4 Å². The smallest absolute Gasteiger partial charge is 0.341 e. The lowest BCUT2D eigenvalue weighted by Gasteiger charge is -2.34. The van der Waals surface area contributed by atoms with Crippen LogP contribution >= 0.6 is 0 Å². The Morgan fingerprint density at radius 3 is 2.92 bits per heavy atom. The van der Waals surface area contributed by atoms with E-state index in [-0.39, 0.29) is 6.61 Å². The quantitative estimate of drug-likeness (QED) is 0.861. The molecule has 25 heavy (non-hydrogen) atoms. The molecule has 0 radical (unpaired) electrons. The molecule has 0 bridgehead atoms. The van der Waals surface area contributed by atoms with Gasteiger partial charge in [-0.15, -0.1) is 0 Å². The molecule has 6 nitrogen and oxygen atoms in total. The van der Waals surface area contributed by atoms with E-state index in [9.17, 15) is 14.7 Å². The number of fused-ring (bicyclic) bond motifs is 1. The van der Waals surface area contributed by atoms with Crippen molar-refractivity contribution in [2.45, 2.75) is 26.7 Å². The van der Waals surface area contributed by atoms with Crippen molar-refractivity contribution in [1.29, 1.82) is 0 Å². The number of rotatable bonds is 4. The lowest BCUT2D eigenvalue weighted by molar-refractivity contribution is -0.141. The first-order chi connectivity index (χ1) is 12.0. The molecule has 0 spiro atoms. The van der Waals surface area contributed by atoms with Crippen molar-refractivity contribution in [3.63, 3.8) is 0 Å². The number of esters is 1. The van der Waals surface area contributed by atoms with Crippen molar-refractivity contribution >= 4 is 28.5 Å². The van der Waals surface area contributed by atoms with E-state index in [2.05, 4.69) is 4.98 Å². The zero-order valence-corrected chi connectivity index (χ0v) is 14.5. The van der Waals surface area contributed by atoms with Crippen LogP contribution < -0.4 is 4.90 Å². The summed E-state index contributed by atoms with van der Waals surface area (Å²) in [5.41, 5.74) is 2.97. The molecular weight excluding hydrogens is 320 g/mol. The van der Waals surface area contributed by atoms with Crippen LogP contribution in [-0.4, -0.2) is 41.7 Å². The van der Waals surface area contributed by atoms with E-state index < -0.39 is 17.9 Å². The summed E-state index contributed by atoms with van der Waals surface area (Å²) >= 11 is 0. The number of ether oxygens (including phenoxy) is 1. The largest absolute Gasteiger partial charge is 0.481 e. The van der Waals surface area contributed by atoms with Gasteiger partial charge in [-0.25, -0.2) is 4.79 Å². The lowest BCUT2D eigenvalue weighted by Crippen LogP contribution is -2.39. The minimum absolute atomic E-state index is 0.280. The molecule has 132 valence electrons. The highest BCUT2D eigenvalue weighted by atomic mass is 16.5. The van der Waals surface area contributed by atoms with E-state index in [1.54, 1.807) is 6.92 Å². The number of pyridine rings is 1. The Labute approximate surface area is 146 Å². The number of carbonyl (C=O) groups is 2. The summed E-state index contributed by atoms with van der Waals surface area (Å²) in [5.74, 6) is -1.65. The number of aryl methyl sites for hydroxylation is 1. The van der Waals surface area contributed by atoms with Crippen molar-refractivity contribution in [2.75, 3.05) is 24.6 Å². The molecule has 1 aliphatic rings. The number of benzene rings is 1. The fourth-order valence-corrected chi connectivity index (χ4v) is 3.37. The maximum absolute atomic E-state index is 12.4. The average molecular weight is 342 g/mol. The fourth-order valence-electron chi connectivity index (χ4n) is 3.37. The zero-order chi connectivity index (χ0) is 18.0. The van der Waals surface area contributed by atoms with E-state index in [0.29, 0.717) is 25.1 Å². The summed E-state index contributed by atoms with van der Waals surface area (Å²) in [7, 11) is 0. The molecular formula is C19H22N2O4. The van der Waals surface area contributed by atoms with Crippen LogP contribution in [-0.2, 0) is 9.53 Å². The minimum Gasteiger partial charge on any atom is -0.481 e. The van der Waals surface area contributed by atoms with Gasteiger partial charge in [0.2, 0.25) is 0 Å². The van der Waals surface area contributed by atoms with Crippen LogP contribution in [0.2, 0.25) is 0 Å². The van der Waals surface area contributed by atoms with Gasteiger partial charge in [-0.3, -0.25) is 9.78 Å². The van der Waals surface area contributed by atoms with Crippen LogP contribution in [0, 0.1) is 12.8 Å². The average Bonchev–Trinajstić information content (AvgIpc) is 2.60. The third-order valence-electron chi connectivity index (χ3n) is 4.58. The Bertz CT molecular complexity index is 818. The highest BCUT2D eigenvalue weighted by Crippen LogP contribution is 2.34. The van der Waals surface area contributed by atoms with Crippen molar-refractivity contribution in [3.8, 4) is 0 Å². The van der Waals surface area contributed by atoms with Crippen molar-refractivity contribution in [3.05, 3.63) is 35.5 Å². The summed E-state index contributed by atoms with van der Waals surface area (Å²) in [4.78, 5) is 30.3. The topological polar surface area (TPSA) is 79.7 Å². The van der Waals surface area contributed by atoms with Gasteiger partial charge in [-0.2, -0.15) is 0 Å². The molecule has 1 unspecified atom stereocenters. The molecule has 0 amide bonds. The summed E-state index contributed by atoms with van der Waals surface area (Å²) in [5, 5.41) is 10.3. The number of aliphatic carboxylic acids is 1. The number of carboxylic acid groups (broad SMARTS) is 1. The minimum atomic E-state index is -0.795. The van der Waals surface area contributed by atoms with Crippen LogP contribution in [0.15, 0.2) is 24.4 Å². The molecule has 0 saturated carbocycles. The molecule has 1 aromatic heterocycles. The second-order valence-electron chi connectivity index (χ2n) is 6.38. The number of carbonyl (C=O) groups excluding carboxylic acids is 1. The third kappa shape index (κ3) is 3.43. The molecule has 3 rings (SSSR count). The first-order valence-corrected chi connectivity index (χ1v) is 8.55. The highest BCUT2D eigenvalue weighted by molar-refractivity contribution is 6.05. The Kier molecular flexibility index (Phi) is 4.88. The molecule has 0 aliphatic carbocycles. The van der Waals surface area contributed by atoms with Crippen LogP contribution in [0.1, 0.15) is 35.7 Å². The molecule has 1 aromatic carbocycles. The molecule has 6 heteroatoms. The third-order valence-corrected chi connectivity index (χ3v) is 4.58. The molecule has 2 heterocycles. The van der Waals surface area contributed by atoms with Gasteiger partial charge in [0.25, 0.3) is 0 Å².